The van der Waals surface area contributed by atoms with E-state index in [9.17, 15) is 4.79 Å². The van der Waals surface area contributed by atoms with Gasteiger partial charge in [0.2, 0.25) is 0 Å². The molecule has 2 aromatic rings. The van der Waals surface area contributed by atoms with Crippen molar-refractivity contribution in [1.29, 1.82) is 0 Å². The van der Waals surface area contributed by atoms with Crippen LogP contribution in [0.2, 0.25) is 0 Å². The second-order valence-electron chi connectivity index (χ2n) is 4.76. The molecule has 1 heterocycles. The summed E-state index contributed by atoms with van der Waals surface area (Å²) < 4.78 is 1.94. The van der Waals surface area contributed by atoms with Crippen molar-refractivity contribution in [3.05, 3.63) is 52.8 Å². The quantitative estimate of drug-likeness (QED) is 0.862. The number of aliphatic hydroxyl groups is 1. The Bertz CT molecular complexity index is 588. The van der Waals surface area contributed by atoms with Crippen LogP contribution in [-0.2, 0) is 6.54 Å². The Morgan fingerprint density at radius 1 is 1.30 bits per heavy atom. The number of nitrogens with one attached hydrogen (secondary N) is 1. The minimum Gasteiger partial charge on any atom is -0.395 e. The number of carbonyl (C=O) groups excluding carboxylic acids is 1. The van der Waals surface area contributed by atoms with Crippen molar-refractivity contribution in [2.24, 2.45) is 0 Å². The summed E-state index contributed by atoms with van der Waals surface area (Å²) in [6.45, 7) is 4.90. The average molecular weight is 273 g/mol. The highest BCUT2D eigenvalue weighted by Crippen LogP contribution is 2.09. The van der Waals surface area contributed by atoms with Gasteiger partial charge < -0.3 is 10.4 Å². The second kappa shape index (κ2) is 6.34. The maximum absolute atomic E-state index is 11.7. The third kappa shape index (κ3) is 3.45. The summed E-state index contributed by atoms with van der Waals surface area (Å²) >= 11 is 0. The van der Waals surface area contributed by atoms with Gasteiger partial charge in [-0.2, -0.15) is 5.10 Å². The third-order valence-electron chi connectivity index (χ3n) is 3.05. The van der Waals surface area contributed by atoms with Crippen molar-refractivity contribution >= 4 is 5.91 Å². The Hall–Kier alpha value is -2.14. The highest BCUT2D eigenvalue weighted by molar-refractivity contribution is 5.94. The molecule has 0 atom stereocenters. The number of hydrogen-bond donors (Lipinski definition) is 2. The van der Waals surface area contributed by atoms with Crippen LogP contribution in [0.25, 0.3) is 0 Å². The zero-order valence-electron chi connectivity index (χ0n) is 11.8. The van der Waals surface area contributed by atoms with E-state index in [4.69, 9.17) is 5.11 Å². The molecule has 0 aliphatic carbocycles. The number of aromatic nitrogens is 2. The number of hydrogen-bond acceptors (Lipinski definition) is 3. The summed E-state index contributed by atoms with van der Waals surface area (Å²) in [6, 6.07) is 9.45. The van der Waals surface area contributed by atoms with Crippen LogP contribution in [0.3, 0.4) is 0 Å². The smallest absolute Gasteiger partial charge is 0.251 e. The first kappa shape index (κ1) is 14.3. The number of benzene rings is 1. The van der Waals surface area contributed by atoms with E-state index in [2.05, 4.69) is 10.4 Å². The number of rotatable bonds is 5. The van der Waals surface area contributed by atoms with Gasteiger partial charge in [-0.25, -0.2) is 0 Å². The first-order valence-corrected chi connectivity index (χ1v) is 6.59. The van der Waals surface area contributed by atoms with E-state index in [0.29, 0.717) is 12.1 Å². The molecular weight excluding hydrogens is 254 g/mol. The molecule has 5 heteroatoms. The molecule has 1 amide bonds. The zero-order chi connectivity index (χ0) is 14.5. The molecule has 1 aromatic carbocycles. The normalized spacial score (nSPS) is 10.6. The zero-order valence-corrected chi connectivity index (χ0v) is 11.8. The summed E-state index contributed by atoms with van der Waals surface area (Å²) in [6.07, 6.45) is 0. The van der Waals surface area contributed by atoms with Crippen LogP contribution in [0, 0.1) is 13.8 Å². The van der Waals surface area contributed by atoms with Crippen LogP contribution in [-0.4, -0.2) is 33.9 Å². The Labute approximate surface area is 118 Å². The lowest BCUT2D eigenvalue weighted by Gasteiger charge is -2.07. The van der Waals surface area contributed by atoms with Gasteiger partial charge in [0.25, 0.3) is 5.91 Å². The highest BCUT2D eigenvalue weighted by Gasteiger charge is 2.06. The standard InChI is InChI=1S/C15H19N3O2/c1-11-9-12(2)18(17-11)10-13-3-5-14(6-4-13)15(20)16-7-8-19/h3-6,9,19H,7-8,10H2,1-2H3,(H,16,20). The number of aryl methyl sites for hydroxylation is 2. The van der Waals surface area contributed by atoms with E-state index in [1.165, 1.54) is 0 Å². The van der Waals surface area contributed by atoms with Crippen molar-refractivity contribution in [2.75, 3.05) is 13.2 Å². The van der Waals surface area contributed by atoms with Gasteiger partial charge in [-0.3, -0.25) is 9.48 Å². The molecule has 0 spiro atoms. The first-order chi connectivity index (χ1) is 9.60. The lowest BCUT2D eigenvalue weighted by atomic mass is 10.1. The van der Waals surface area contributed by atoms with E-state index in [1.54, 1.807) is 12.1 Å². The lowest BCUT2D eigenvalue weighted by molar-refractivity contribution is 0.0945. The molecule has 20 heavy (non-hydrogen) atoms. The van der Waals surface area contributed by atoms with Crippen LogP contribution in [0.1, 0.15) is 27.3 Å². The molecule has 106 valence electrons. The highest BCUT2D eigenvalue weighted by atomic mass is 16.3. The van der Waals surface area contributed by atoms with Crippen LogP contribution >= 0.6 is 0 Å². The maximum atomic E-state index is 11.7. The van der Waals surface area contributed by atoms with Gasteiger partial charge in [-0.1, -0.05) is 12.1 Å². The van der Waals surface area contributed by atoms with E-state index < -0.39 is 0 Å². The number of carbonyl (C=O) groups is 1. The molecule has 5 nitrogen and oxygen atoms in total. The van der Waals surface area contributed by atoms with Crippen molar-refractivity contribution < 1.29 is 9.90 Å². The molecule has 0 bridgehead atoms. The first-order valence-electron chi connectivity index (χ1n) is 6.59. The minimum atomic E-state index is -0.170. The molecule has 2 rings (SSSR count). The molecule has 0 aliphatic rings. The van der Waals surface area contributed by atoms with Gasteiger partial charge in [0.15, 0.2) is 0 Å². The van der Waals surface area contributed by atoms with E-state index in [-0.39, 0.29) is 19.1 Å². The molecule has 0 saturated heterocycles. The van der Waals surface area contributed by atoms with Gasteiger partial charge in [0.1, 0.15) is 0 Å². The van der Waals surface area contributed by atoms with Crippen molar-refractivity contribution in [3.63, 3.8) is 0 Å². The van der Waals surface area contributed by atoms with E-state index >= 15 is 0 Å². The van der Waals surface area contributed by atoms with Crippen LogP contribution in [0.15, 0.2) is 30.3 Å². The summed E-state index contributed by atoms with van der Waals surface area (Å²) in [5, 5.41) is 15.7. The average Bonchev–Trinajstić information content (AvgIpc) is 2.75. The van der Waals surface area contributed by atoms with Gasteiger partial charge >= 0.3 is 0 Å². The molecule has 2 N–H and O–H groups in total. The van der Waals surface area contributed by atoms with Gasteiger partial charge in [-0.05, 0) is 37.6 Å². The van der Waals surface area contributed by atoms with Crippen molar-refractivity contribution in [1.82, 2.24) is 15.1 Å². The third-order valence-corrected chi connectivity index (χ3v) is 3.05. The largest absolute Gasteiger partial charge is 0.395 e. The molecule has 1 aromatic heterocycles. The summed E-state index contributed by atoms with van der Waals surface area (Å²) in [5.74, 6) is -0.170. The van der Waals surface area contributed by atoms with E-state index in [0.717, 1.165) is 17.0 Å². The lowest BCUT2D eigenvalue weighted by Crippen LogP contribution is -2.26. The fourth-order valence-electron chi connectivity index (χ4n) is 2.04. The topological polar surface area (TPSA) is 67.2 Å². The Morgan fingerprint density at radius 2 is 2.00 bits per heavy atom. The Balaban J connectivity index is 2.05. The van der Waals surface area contributed by atoms with Crippen LogP contribution < -0.4 is 5.32 Å². The van der Waals surface area contributed by atoms with Crippen LogP contribution in [0.4, 0.5) is 0 Å². The number of aliphatic hydroxyl groups excluding tert-OH is 1. The molecule has 0 saturated carbocycles. The molecule has 0 radical (unpaired) electrons. The van der Waals surface area contributed by atoms with Gasteiger partial charge in [-0.15, -0.1) is 0 Å². The predicted molar refractivity (Wildman–Crippen MR) is 76.7 cm³/mol. The molecule has 0 unspecified atom stereocenters. The number of amides is 1. The maximum Gasteiger partial charge on any atom is 0.251 e. The molecule has 0 aliphatic heterocycles. The SMILES string of the molecule is Cc1cc(C)n(Cc2ccc(C(=O)NCCO)cc2)n1. The second-order valence-corrected chi connectivity index (χ2v) is 4.76. The summed E-state index contributed by atoms with van der Waals surface area (Å²) in [5.41, 5.74) is 3.81. The fraction of sp³-hybridized carbons (Fsp3) is 0.333. The van der Waals surface area contributed by atoms with Gasteiger partial charge in [0.05, 0.1) is 18.8 Å². The van der Waals surface area contributed by atoms with Gasteiger partial charge in [0, 0.05) is 17.8 Å². The van der Waals surface area contributed by atoms with Crippen molar-refractivity contribution in [3.8, 4) is 0 Å². The summed E-state index contributed by atoms with van der Waals surface area (Å²) in [7, 11) is 0. The molecular formula is C15H19N3O2. The minimum absolute atomic E-state index is 0.0538. The number of nitrogens with zero attached hydrogens (tertiary/aromatic N) is 2. The summed E-state index contributed by atoms with van der Waals surface area (Å²) in [4.78, 5) is 11.7. The van der Waals surface area contributed by atoms with Crippen molar-refractivity contribution in [2.45, 2.75) is 20.4 Å². The van der Waals surface area contributed by atoms with E-state index in [1.807, 2.05) is 36.7 Å². The Kier molecular flexibility index (Phi) is 4.53. The molecule has 0 fully saturated rings. The monoisotopic (exact) mass is 273 g/mol. The predicted octanol–water partition coefficient (Wildman–Crippen LogP) is 1.27. The van der Waals surface area contributed by atoms with Crippen LogP contribution in [0.5, 0.6) is 0 Å². The fourth-order valence-corrected chi connectivity index (χ4v) is 2.04. The Morgan fingerprint density at radius 3 is 2.55 bits per heavy atom.